The van der Waals surface area contributed by atoms with Gasteiger partial charge in [-0.05, 0) is 12.8 Å². The van der Waals surface area contributed by atoms with Crippen molar-refractivity contribution in [2.45, 2.75) is 19.3 Å². The summed E-state index contributed by atoms with van der Waals surface area (Å²) in [5.74, 6) is -2.24. The average Bonchev–Trinajstić information content (AvgIpc) is 2.27. The van der Waals surface area contributed by atoms with Gasteiger partial charge in [0.05, 0.1) is 20.1 Å². The quantitative estimate of drug-likeness (QED) is 0.489. The van der Waals surface area contributed by atoms with E-state index in [1.165, 1.54) is 14.2 Å². The smallest absolute Gasteiger partial charge is 0.316 e. The Balaban J connectivity index is 2.68. The zero-order chi connectivity index (χ0) is 11.4. The molecular weight excluding hydrogens is 200 g/mol. The Kier molecular flexibility index (Phi) is 3.82. The second-order valence-electron chi connectivity index (χ2n) is 3.54. The van der Waals surface area contributed by atoms with Gasteiger partial charge in [-0.1, -0.05) is 0 Å². The normalized spacial score (nSPS) is 25.9. The highest BCUT2D eigenvalue weighted by Crippen LogP contribution is 2.28. The maximum atomic E-state index is 11.4. The molecule has 0 saturated heterocycles. The molecule has 0 N–H and O–H groups in total. The summed E-state index contributed by atoms with van der Waals surface area (Å²) in [5, 5.41) is 0. The number of hydrogen-bond acceptors (Lipinski definition) is 5. The van der Waals surface area contributed by atoms with Gasteiger partial charge in [-0.15, -0.1) is 0 Å². The van der Waals surface area contributed by atoms with Crippen molar-refractivity contribution in [2.75, 3.05) is 14.2 Å². The number of methoxy groups -OCH3 is 2. The van der Waals surface area contributed by atoms with Crippen molar-refractivity contribution in [3.05, 3.63) is 0 Å². The fraction of sp³-hybridized carbons (Fsp3) is 0.700. The van der Waals surface area contributed by atoms with Crippen LogP contribution in [-0.2, 0) is 23.9 Å². The number of rotatable bonds is 2. The van der Waals surface area contributed by atoms with Crippen LogP contribution in [0.3, 0.4) is 0 Å². The van der Waals surface area contributed by atoms with Crippen molar-refractivity contribution in [3.63, 3.8) is 0 Å². The molecule has 1 aliphatic rings. The van der Waals surface area contributed by atoms with Crippen molar-refractivity contribution in [3.8, 4) is 0 Å². The Morgan fingerprint density at radius 1 is 1.20 bits per heavy atom. The molecule has 0 spiro atoms. The molecule has 0 aromatic carbocycles. The standard InChI is InChI=1S/C10H14O5/c1-14-9(12)6-3-4-8(11)7(5-6)10(13)15-2/h6-7H,3-5H2,1-2H3/t6-,7-/m0/s1. The highest BCUT2D eigenvalue weighted by atomic mass is 16.5. The number of ether oxygens (including phenoxy) is 2. The van der Waals surface area contributed by atoms with Crippen LogP contribution in [-0.4, -0.2) is 31.9 Å². The largest absolute Gasteiger partial charge is 0.469 e. The van der Waals surface area contributed by atoms with E-state index in [1.807, 2.05) is 0 Å². The molecule has 5 heteroatoms. The van der Waals surface area contributed by atoms with E-state index in [0.29, 0.717) is 6.42 Å². The van der Waals surface area contributed by atoms with E-state index in [0.717, 1.165) is 0 Å². The maximum absolute atomic E-state index is 11.4. The molecule has 0 aromatic heterocycles. The van der Waals surface area contributed by atoms with Gasteiger partial charge < -0.3 is 9.47 Å². The Bertz CT molecular complexity index is 276. The average molecular weight is 214 g/mol. The third kappa shape index (κ3) is 2.55. The second kappa shape index (κ2) is 4.91. The van der Waals surface area contributed by atoms with Gasteiger partial charge in [0.15, 0.2) is 0 Å². The molecule has 1 fully saturated rings. The third-order valence-corrected chi connectivity index (χ3v) is 2.67. The zero-order valence-corrected chi connectivity index (χ0v) is 8.82. The third-order valence-electron chi connectivity index (χ3n) is 2.67. The first kappa shape index (κ1) is 11.7. The Morgan fingerprint density at radius 3 is 2.33 bits per heavy atom. The minimum atomic E-state index is -0.798. The summed E-state index contributed by atoms with van der Waals surface area (Å²) >= 11 is 0. The summed E-state index contributed by atoms with van der Waals surface area (Å²) in [7, 11) is 2.53. The molecule has 0 bridgehead atoms. The monoisotopic (exact) mass is 214 g/mol. The Labute approximate surface area is 87.7 Å². The van der Waals surface area contributed by atoms with Crippen LogP contribution >= 0.6 is 0 Å². The molecule has 0 aliphatic heterocycles. The van der Waals surface area contributed by atoms with E-state index < -0.39 is 11.9 Å². The summed E-state index contributed by atoms with van der Waals surface area (Å²) in [5.41, 5.74) is 0. The van der Waals surface area contributed by atoms with Gasteiger partial charge in [0.1, 0.15) is 11.7 Å². The molecule has 2 atom stereocenters. The maximum Gasteiger partial charge on any atom is 0.316 e. The molecule has 0 aromatic rings. The number of carbonyl (C=O) groups excluding carboxylic acids is 3. The van der Waals surface area contributed by atoms with Gasteiger partial charge in [-0.2, -0.15) is 0 Å². The van der Waals surface area contributed by atoms with Crippen LogP contribution in [0.15, 0.2) is 0 Å². The Hall–Kier alpha value is -1.39. The highest BCUT2D eigenvalue weighted by Gasteiger charge is 2.37. The first-order valence-electron chi connectivity index (χ1n) is 4.78. The Morgan fingerprint density at radius 2 is 1.80 bits per heavy atom. The summed E-state index contributed by atoms with van der Waals surface area (Å²) in [6, 6.07) is 0. The van der Waals surface area contributed by atoms with Crippen molar-refractivity contribution in [1.82, 2.24) is 0 Å². The van der Waals surface area contributed by atoms with E-state index >= 15 is 0 Å². The summed E-state index contributed by atoms with van der Waals surface area (Å²) in [4.78, 5) is 33.9. The van der Waals surface area contributed by atoms with E-state index in [9.17, 15) is 14.4 Å². The predicted molar refractivity (Wildman–Crippen MR) is 49.9 cm³/mol. The van der Waals surface area contributed by atoms with E-state index in [4.69, 9.17) is 0 Å². The number of esters is 2. The number of hydrogen-bond donors (Lipinski definition) is 0. The lowest BCUT2D eigenvalue weighted by molar-refractivity contribution is -0.155. The lowest BCUT2D eigenvalue weighted by Crippen LogP contribution is -2.35. The molecule has 0 amide bonds. The molecule has 0 unspecified atom stereocenters. The van der Waals surface area contributed by atoms with Gasteiger partial charge in [0, 0.05) is 6.42 Å². The lowest BCUT2D eigenvalue weighted by atomic mass is 9.80. The minimum Gasteiger partial charge on any atom is -0.469 e. The topological polar surface area (TPSA) is 69.7 Å². The fourth-order valence-electron chi connectivity index (χ4n) is 1.78. The highest BCUT2D eigenvalue weighted by molar-refractivity contribution is 6.00. The van der Waals surface area contributed by atoms with Crippen molar-refractivity contribution >= 4 is 17.7 Å². The predicted octanol–water partition coefficient (Wildman–Crippen LogP) is 0.318. The second-order valence-corrected chi connectivity index (χ2v) is 3.54. The van der Waals surface area contributed by atoms with Gasteiger partial charge in [0.25, 0.3) is 0 Å². The van der Waals surface area contributed by atoms with Crippen molar-refractivity contribution in [1.29, 1.82) is 0 Å². The van der Waals surface area contributed by atoms with Crippen LogP contribution in [0.1, 0.15) is 19.3 Å². The van der Waals surface area contributed by atoms with E-state index in [1.54, 1.807) is 0 Å². The molecule has 0 radical (unpaired) electrons. The van der Waals surface area contributed by atoms with Crippen LogP contribution in [0.2, 0.25) is 0 Å². The molecular formula is C10H14O5. The van der Waals surface area contributed by atoms with Gasteiger partial charge in [-0.3, -0.25) is 14.4 Å². The molecule has 0 heterocycles. The van der Waals surface area contributed by atoms with Crippen LogP contribution in [0, 0.1) is 11.8 Å². The van der Waals surface area contributed by atoms with Crippen LogP contribution in [0.25, 0.3) is 0 Å². The molecule has 15 heavy (non-hydrogen) atoms. The van der Waals surface area contributed by atoms with Crippen LogP contribution in [0.5, 0.6) is 0 Å². The fourth-order valence-corrected chi connectivity index (χ4v) is 1.78. The SMILES string of the molecule is COC(=O)[C@H]1CCC(=O)[C@@H](C(=O)OC)C1. The van der Waals surface area contributed by atoms with Crippen molar-refractivity contribution in [2.24, 2.45) is 11.8 Å². The van der Waals surface area contributed by atoms with Gasteiger partial charge in [-0.25, -0.2) is 0 Å². The number of carbonyl (C=O) groups is 3. The molecule has 1 aliphatic carbocycles. The number of Topliss-reactive ketones (excluding diaryl/α,β-unsaturated/α-hetero) is 1. The van der Waals surface area contributed by atoms with Crippen molar-refractivity contribution < 1.29 is 23.9 Å². The van der Waals surface area contributed by atoms with Crippen LogP contribution < -0.4 is 0 Å². The minimum absolute atomic E-state index is 0.151. The van der Waals surface area contributed by atoms with E-state index in [2.05, 4.69) is 9.47 Å². The summed E-state index contributed by atoms with van der Waals surface area (Å²) in [6.07, 6.45) is 0.900. The number of ketones is 1. The molecule has 1 rings (SSSR count). The first-order valence-corrected chi connectivity index (χ1v) is 4.78. The summed E-state index contributed by atoms with van der Waals surface area (Å²) < 4.78 is 9.09. The zero-order valence-electron chi connectivity index (χ0n) is 8.82. The van der Waals surface area contributed by atoms with E-state index in [-0.39, 0.29) is 30.5 Å². The molecule has 5 nitrogen and oxygen atoms in total. The molecule has 84 valence electrons. The molecule has 1 saturated carbocycles. The van der Waals surface area contributed by atoms with Gasteiger partial charge in [0.2, 0.25) is 0 Å². The summed E-state index contributed by atoms with van der Waals surface area (Å²) in [6.45, 7) is 0. The lowest BCUT2D eigenvalue weighted by Gasteiger charge is -2.24. The van der Waals surface area contributed by atoms with Gasteiger partial charge >= 0.3 is 11.9 Å². The first-order chi connectivity index (χ1) is 7.10. The van der Waals surface area contributed by atoms with Crippen LogP contribution in [0.4, 0.5) is 0 Å².